The average molecular weight is 439 g/mol. The minimum absolute atomic E-state index is 0.201. The third-order valence-electron chi connectivity index (χ3n) is 5.59. The number of carbonyl (C=O) groups is 1. The maximum absolute atomic E-state index is 13.2. The topological polar surface area (TPSA) is 121 Å². The van der Waals surface area contributed by atoms with Crippen LogP contribution < -0.4 is 11.0 Å². The van der Waals surface area contributed by atoms with Crippen LogP contribution in [0.5, 0.6) is 0 Å². The van der Waals surface area contributed by atoms with Crippen molar-refractivity contribution in [2.24, 2.45) is 7.05 Å². The monoisotopic (exact) mass is 439 g/mol. The van der Waals surface area contributed by atoms with Crippen molar-refractivity contribution in [1.29, 1.82) is 0 Å². The van der Waals surface area contributed by atoms with Gasteiger partial charge in [-0.05, 0) is 29.3 Å². The molecule has 0 aliphatic rings. The highest BCUT2D eigenvalue weighted by atomic mass is 16.2. The largest absolute Gasteiger partial charge is 0.345 e. The summed E-state index contributed by atoms with van der Waals surface area (Å²) in [6, 6.07) is 18.7. The molecule has 0 aliphatic heterocycles. The molecule has 2 aromatic carbocycles. The Hall–Kier alpha value is -4.53. The first-order valence-electron chi connectivity index (χ1n) is 10.4. The van der Waals surface area contributed by atoms with E-state index >= 15 is 0 Å². The van der Waals surface area contributed by atoms with E-state index in [0.717, 1.165) is 16.7 Å². The lowest BCUT2D eigenvalue weighted by Crippen LogP contribution is -2.30. The summed E-state index contributed by atoms with van der Waals surface area (Å²) in [6.45, 7) is 0. The summed E-state index contributed by atoms with van der Waals surface area (Å²) < 4.78 is 1.51. The molecule has 5 rings (SSSR count). The van der Waals surface area contributed by atoms with E-state index in [1.165, 1.54) is 10.9 Å². The molecule has 1 amide bonds. The molecule has 0 fully saturated rings. The molecule has 9 heteroatoms. The molecule has 0 saturated heterocycles. The molecule has 0 aliphatic carbocycles. The number of pyridine rings is 1. The van der Waals surface area contributed by atoms with Gasteiger partial charge >= 0.3 is 5.69 Å². The van der Waals surface area contributed by atoms with Crippen LogP contribution in [0.1, 0.15) is 27.8 Å². The molecule has 0 spiro atoms. The number of fused-ring (bicyclic) bond motifs is 1. The molecular formula is C24H21N7O2. The molecular weight excluding hydrogens is 418 g/mol. The molecule has 5 aromatic rings. The van der Waals surface area contributed by atoms with Gasteiger partial charge in [0.2, 0.25) is 0 Å². The second-order valence-corrected chi connectivity index (χ2v) is 7.73. The summed E-state index contributed by atoms with van der Waals surface area (Å²) in [5, 5.41) is 9.87. The molecule has 33 heavy (non-hydrogen) atoms. The number of aryl methyl sites for hydroxylation is 1. The standard InChI is InChI=1S/C24H21N7O2/c1-31-20-11-18(13-25-22(20)29-24(31)33)16-8-5-9-17(10-16)23(32)28-19(12-21-26-14-27-30-21)15-6-3-2-4-7-15/h2-11,13-14,19H,12H2,1H3,(H,28,32)(H,25,29,33)(H,26,27,30). The van der Waals surface area contributed by atoms with E-state index in [-0.39, 0.29) is 17.6 Å². The Morgan fingerprint density at radius 2 is 1.91 bits per heavy atom. The van der Waals surface area contributed by atoms with Crippen molar-refractivity contribution in [3.8, 4) is 11.1 Å². The normalized spacial score (nSPS) is 12.0. The predicted octanol–water partition coefficient (Wildman–Crippen LogP) is 2.76. The highest BCUT2D eigenvalue weighted by molar-refractivity contribution is 5.96. The van der Waals surface area contributed by atoms with Crippen molar-refractivity contribution in [3.05, 3.63) is 101 Å². The Balaban J connectivity index is 1.43. The van der Waals surface area contributed by atoms with Crippen LogP contribution in [0.15, 0.2) is 78.0 Å². The molecule has 164 valence electrons. The molecule has 3 N–H and O–H groups in total. The molecule has 1 atom stereocenters. The number of H-pyrrole nitrogens is 2. The highest BCUT2D eigenvalue weighted by Crippen LogP contribution is 2.23. The summed E-state index contributed by atoms with van der Waals surface area (Å²) in [4.78, 5) is 36.3. The number of benzene rings is 2. The lowest BCUT2D eigenvalue weighted by atomic mass is 10.0. The van der Waals surface area contributed by atoms with Crippen molar-refractivity contribution < 1.29 is 4.79 Å². The Morgan fingerprint density at radius 1 is 1.06 bits per heavy atom. The van der Waals surface area contributed by atoms with Gasteiger partial charge in [-0.25, -0.2) is 14.8 Å². The van der Waals surface area contributed by atoms with Gasteiger partial charge in [-0.1, -0.05) is 42.5 Å². The van der Waals surface area contributed by atoms with E-state index in [9.17, 15) is 9.59 Å². The number of hydrogen-bond donors (Lipinski definition) is 3. The van der Waals surface area contributed by atoms with Crippen LogP contribution in [0.2, 0.25) is 0 Å². The number of carbonyl (C=O) groups excluding carboxylic acids is 1. The summed E-state index contributed by atoms with van der Waals surface area (Å²) in [6.07, 6.45) is 3.62. The molecule has 3 heterocycles. The first-order valence-corrected chi connectivity index (χ1v) is 10.4. The number of amides is 1. The average Bonchev–Trinajstić information content (AvgIpc) is 3.46. The summed E-state index contributed by atoms with van der Waals surface area (Å²) in [5.74, 6) is 0.489. The number of hydrogen-bond acceptors (Lipinski definition) is 5. The van der Waals surface area contributed by atoms with E-state index in [1.807, 2.05) is 54.6 Å². The third-order valence-corrected chi connectivity index (χ3v) is 5.59. The minimum atomic E-state index is -0.275. The summed E-state index contributed by atoms with van der Waals surface area (Å²) in [7, 11) is 1.69. The van der Waals surface area contributed by atoms with Crippen molar-refractivity contribution >= 4 is 17.1 Å². The molecule has 0 bridgehead atoms. The van der Waals surface area contributed by atoms with Gasteiger partial charge in [0.15, 0.2) is 5.65 Å². The van der Waals surface area contributed by atoms with Crippen LogP contribution in [-0.2, 0) is 13.5 Å². The quantitative estimate of drug-likeness (QED) is 0.376. The first kappa shape index (κ1) is 20.4. The van der Waals surface area contributed by atoms with Crippen LogP contribution in [-0.4, -0.2) is 35.6 Å². The second-order valence-electron chi connectivity index (χ2n) is 7.73. The van der Waals surface area contributed by atoms with Gasteiger partial charge in [0.25, 0.3) is 5.91 Å². The zero-order valence-electron chi connectivity index (χ0n) is 17.8. The smallest absolute Gasteiger partial charge is 0.327 e. The van der Waals surface area contributed by atoms with Crippen LogP contribution in [0.4, 0.5) is 0 Å². The Labute approximate surface area is 188 Å². The maximum atomic E-state index is 13.2. The van der Waals surface area contributed by atoms with E-state index in [1.54, 1.807) is 19.3 Å². The van der Waals surface area contributed by atoms with Gasteiger partial charge in [0.1, 0.15) is 12.2 Å². The van der Waals surface area contributed by atoms with Crippen LogP contribution >= 0.6 is 0 Å². The van der Waals surface area contributed by atoms with Crippen molar-refractivity contribution in [1.82, 2.24) is 35.0 Å². The number of nitrogens with zero attached hydrogens (tertiary/aromatic N) is 4. The zero-order valence-corrected chi connectivity index (χ0v) is 17.8. The summed E-state index contributed by atoms with van der Waals surface area (Å²) in [5.41, 5.74) is 4.14. The third kappa shape index (κ3) is 4.16. The lowest BCUT2D eigenvalue weighted by molar-refractivity contribution is 0.0936. The van der Waals surface area contributed by atoms with Crippen LogP contribution in [0.25, 0.3) is 22.3 Å². The molecule has 0 radical (unpaired) electrons. The fourth-order valence-corrected chi connectivity index (χ4v) is 3.80. The van der Waals surface area contributed by atoms with Gasteiger partial charge in [-0.15, -0.1) is 0 Å². The van der Waals surface area contributed by atoms with Crippen LogP contribution in [0, 0.1) is 0 Å². The number of imidazole rings is 1. The molecule has 1 unspecified atom stereocenters. The number of nitrogens with one attached hydrogen (secondary N) is 3. The number of aromatic amines is 2. The molecule has 9 nitrogen and oxygen atoms in total. The van der Waals surface area contributed by atoms with Crippen LogP contribution in [0.3, 0.4) is 0 Å². The predicted molar refractivity (Wildman–Crippen MR) is 124 cm³/mol. The maximum Gasteiger partial charge on any atom is 0.327 e. The second kappa shape index (κ2) is 8.54. The Morgan fingerprint density at radius 3 is 2.70 bits per heavy atom. The highest BCUT2D eigenvalue weighted by Gasteiger charge is 2.18. The first-order chi connectivity index (χ1) is 16.1. The van der Waals surface area contributed by atoms with Gasteiger partial charge in [-0.2, -0.15) is 5.10 Å². The van der Waals surface area contributed by atoms with Crippen molar-refractivity contribution in [2.45, 2.75) is 12.5 Å². The SMILES string of the molecule is Cn1c(=O)[nH]c2ncc(-c3cccc(C(=O)NC(Cc4ncn[nH]4)c4ccccc4)c3)cc21. The fourth-order valence-electron chi connectivity index (χ4n) is 3.80. The summed E-state index contributed by atoms with van der Waals surface area (Å²) >= 11 is 0. The van der Waals surface area contributed by atoms with E-state index in [0.29, 0.717) is 29.0 Å². The van der Waals surface area contributed by atoms with E-state index < -0.39 is 0 Å². The number of aromatic nitrogens is 6. The minimum Gasteiger partial charge on any atom is -0.345 e. The Kier molecular flexibility index (Phi) is 5.27. The van der Waals surface area contributed by atoms with Gasteiger partial charge in [-0.3, -0.25) is 19.4 Å². The zero-order chi connectivity index (χ0) is 22.8. The molecule has 3 aromatic heterocycles. The van der Waals surface area contributed by atoms with Crippen molar-refractivity contribution in [3.63, 3.8) is 0 Å². The molecule has 0 saturated carbocycles. The van der Waals surface area contributed by atoms with Crippen molar-refractivity contribution in [2.75, 3.05) is 0 Å². The van der Waals surface area contributed by atoms with Gasteiger partial charge < -0.3 is 5.32 Å². The number of rotatable bonds is 6. The lowest BCUT2D eigenvalue weighted by Gasteiger charge is -2.18. The fraction of sp³-hybridized carbons (Fsp3) is 0.125. The van der Waals surface area contributed by atoms with E-state index in [2.05, 4.69) is 30.5 Å². The van der Waals surface area contributed by atoms with Gasteiger partial charge in [0, 0.05) is 30.8 Å². The van der Waals surface area contributed by atoms with E-state index in [4.69, 9.17) is 0 Å². The van der Waals surface area contributed by atoms with Gasteiger partial charge in [0.05, 0.1) is 11.6 Å². The Bertz CT molecular complexity index is 1470.